The Bertz CT molecular complexity index is 595. The molecule has 0 unspecified atom stereocenters. The minimum atomic E-state index is -0.101. The van der Waals surface area contributed by atoms with Crippen molar-refractivity contribution < 1.29 is 4.79 Å². The van der Waals surface area contributed by atoms with Gasteiger partial charge in [0.25, 0.3) is 0 Å². The molecule has 1 aromatic carbocycles. The first kappa shape index (κ1) is 19.4. The topological polar surface area (TPSA) is 44.4 Å². The molecule has 2 aliphatic rings. The van der Waals surface area contributed by atoms with E-state index in [1.54, 1.807) is 0 Å². The predicted molar refractivity (Wildman–Crippen MR) is 107 cm³/mol. The number of rotatable bonds is 6. The summed E-state index contributed by atoms with van der Waals surface area (Å²) in [5.74, 6) is 1.52. The van der Waals surface area contributed by atoms with Crippen LogP contribution in [0.25, 0.3) is 0 Å². The summed E-state index contributed by atoms with van der Waals surface area (Å²) in [7, 11) is 1.89. The lowest BCUT2D eigenvalue weighted by Gasteiger charge is -2.28. The number of fused-ring (bicyclic) bond motifs is 1. The van der Waals surface area contributed by atoms with Crippen molar-refractivity contribution in [3.05, 3.63) is 35.9 Å². The molecule has 2 N–H and O–H groups in total. The van der Waals surface area contributed by atoms with E-state index in [1.165, 1.54) is 18.5 Å². The Balaban J connectivity index is 1.55. The van der Waals surface area contributed by atoms with E-state index < -0.39 is 0 Å². The van der Waals surface area contributed by atoms with Crippen LogP contribution in [0.4, 0.5) is 0 Å². The van der Waals surface area contributed by atoms with E-state index in [9.17, 15) is 4.79 Å². The second kappa shape index (κ2) is 8.10. The summed E-state index contributed by atoms with van der Waals surface area (Å²) >= 11 is 0. The molecule has 144 valence electrons. The summed E-state index contributed by atoms with van der Waals surface area (Å²) < 4.78 is 0. The number of amides is 1. The van der Waals surface area contributed by atoms with Crippen LogP contribution in [-0.4, -0.2) is 43.0 Å². The summed E-state index contributed by atoms with van der Waals surface area (Å²) in [5.41, 5.74) is 1.52. The molecule has 2 fully saturated rings. The quantitative estimate of drug-likeness (QED) is 0.822. The molecule has 26 heavy (non-hydrogen) atoms. The average molecular weight is 358 g/mol. The Kier molecular flexibility index (Phi) is 6.03. The van der Waals surface area contributed by atoms with Crippen LogP contribution in [0.3, 0.4) is 0 Å². The largest absolute Gasteiger partial charge is 0.352 e. The van der Waals surface area contributed by atoms with E-state index in [4.69, 9.17) is 0 Å². The first-order chi connectivity index (χ1) is 12.4. The molecule has 4 heteroatoms. The zero-order chi connectivity index (χ0) is 18.7. The van der Waals surface area contributed by atoms with Crippen molar-refractivity contribution in [3.8, 4) is 0 Å². The molecule has 1 aliphatic carbocycles. The highest BCUT2D eigenvalue weighted by Crippen LogP contribution is 2.38. The lowest BCUT2D eigenvalue weighted by Crippen LogP contribution is -2.49. The number of nitrogens with zero attached hydrogens (tertiary/aromatic N) is 1. The second-order valence-electron chi connectivity index (χ2n) is 9.40. The van der Waals surface area contributed by atoms with Crippen molar-refractivity contribution in [2.24, 2.45) is 17.3 Å². The number of carbonyl (C=O) groups excluding carboxylic acids is 1. The molecule has 4 nitrogen and oxygen atoms in total. The SMILES string of the molecule is CN[C@@H](CC(C)(C)C)C(=O)N[C@H]1CC[C@@H]2CN(Cc3ccccc3)C[C@@H]21. The van der Waals surface area contributed by atoms with Gasteiger partial charge in [-0.2, -0.15) is 0 Å². The number of hydrogen-bond donors (Lipinski definition) is 2. The van der Waals surface area contributed by atoms with Gasteiger partial charge in [0.05, 0.1) is 6.04 Å². The molecular weight excluding hydrogens is 322 g/mol. The lowest BCUT2D eigenvalue weighted by atomic mass is 9.87. The van der Waals surface area contributed by atoms with Crippen LogP contribution in [0.2, 0.25) is 0 Å². The van der Waals surface area contributed by atoms with Crippen LogP contribution in [-0.2, 0) is 11.3 Å². The van der Waals surface area contributed by atoms with E-state index in [0.717, 1.165) is 31.8 Å². The number of hydrogen-bond acceptors (Lipinski definition) is 3. The fourth-order valence-electron chi connectivity index (χ4n) is 4.73. The molecule has 1 heterocycles. The Labute approximate surface area is 158 Å². The van der Waals surface area contributed by atoms with Gasteiger partial charge in [0.15, 0.2) is 0 Å². The maximum atomic E-state index is 12.8. The van der Waals surface area contributed by atoms with Crippen LogP contribution in [0.5, 0.6) is 0 Å². The van der Waals surface area contributed by atoms with Gasteiger partial charge in [-0.05, 0) is 49.1 Å². The predicted octanol–water partition coefficient (Wildman–Crippen LogP) is 3.04. The summed E-state index contributed by atoms with van der Waals surface area (Å²) in [6.45, 7) is 9.87. The second-order valence-corrected chi connectivity index (χ2v) is 9.40. The van der Waals surface area contributed by atoms with Crippen LogP contribution in [0.1, 0.15) is 45.6 Å². The van der Waals surface area contributed by atoms with Gasteiger partial charge in [-0.3, -0.25) is 9.69 Å². The first-order valence-electron chi connectivity index (χ1n) is 10.1. The molecule has 4 atom stereocenters. The summed E-state index contributed by atoms with van der Waals surface area (Å²) in [6.07, 6.45) is 3.23. The number of nitrogens with one attached hydrogen (secondary N) is 2. The maximum absolute atomic E-state index is 12.8. The fraction of sp³-hybridized carbons (Fsp3) is 0.682. The van der Waals surface area contributed by atoms with Gasteiger partial charge in [-0.25, -0.2) is 0 Å². The van der Waals surface area contributed by atoms with Gasteiger partial charge >= 0.3 is 0 Å². The third-order valence-electron chi connectivity index (χ3n) is 5.99. The first-order valence-corrected chi connectivity index (χ1v) is 10.1. The summed E-state index contributed by atoms with van der Waals surface area (Å²) in [4.78, 5) is 15.3. The van der Waals surface area contributed by atoms with Crippen LogP contribution in [0, 0.1) is 17.3 Å². The molecule has 1 saturated heterocycles. The molecular formula is C22H35N3O. The van der Waals surface area contributed by atoms with Gasteiger partial charge in [0.1, 0.15) is 0 Å². The Hall–Kier alpha value is -1.39. The van der Waals surface area contributed by atoms with E-state index in [-0.39, 0.29) is 17.4 Å². The third-order valence-corrected chi connectivity index (χ3v) is 5.99. The normalized spacial score (nSPS) is 27.3. The van der Waals surface area contributed by atoms with Crippen LogP contribution in [0.15, 0.2) is 30.3 Å². The van der Waals surface area contributed by atoms with Gasteiger partial charge in [-0.1, -0.05) is 51.1 Å². The molecule has 0 aromatic heterocycles. The minimum Gasteiger partial charge on any atom is -0.352 e. The molecule has 1 aliphatic heterocycles. The van der Waals surface area contributed by atoms with Crippen molar-refractivity contribution in [3.63, 3.8) is 0 Å². The average Bonchev–Trinajstić information content (AvgIpc) is 3.14. The molecule has 0 spiro atoms. The van der Waals surface area contributed by atoms with E-state index in [2.05, 4.69) is 66.6 Å². The van der Waals surface area contributed by atoms with Gasteiger partial charge < -0.3 is 10.6 Å². The Morgan fingerprint density at radius 1 is 1.19 bits per heavy atom. The molecule has 0 radical (unpaired) electrons. The summed E-state index contributed by atoms with van der Waals surface area (Å²) in [6, 6.07) is 10.9. The maximum Gasteiger partial charge on any atom is 0.237 e. The highest BCUT2D eigenvalue weighted by molar-refractivity contribution is 5.82. The van der Waals surface area contributed by atoms with Crippen molar-refractivity contribution in [2.45, 2.75) is 58.7 Å². The molecule has 1 aromatic rings. The van der Waals surface area contributed by atoms with Crippen molar-refractivity contribution in [1.29, 1.82) is 0 Å². The van der Waals surface area contributed by atoms with Crippen molar-refractivity contribution >= 4 is 5.91 Å². The number of carbonyl (C=O) groups is 1. The third kappa shape index (κ3) is 4.86. The zero-order valence-corrected chi connectivity index (χ0v) is 16.8. The zero-order valence-electron chi connectivity index (χ0n) is 16.8. The summed E-state index contributed by atoms with van der Waals surface area (Å²) in [5, 5.41) is 6.59. The number of likely N-dealkylation sites (N-methyl/N-ethyl adjacent to an activating group) is 1. The molecule has 1 amide bonds. The van der Waals surface area contributed by atoms with Crippen LogP contribution < -0.4 is 10.6 Å². The van der Waals surface area contributed by atoms with Crippen LogP contribution >= 0.6 is 0 Å². The number of likely N-dealkylation sites (tertiary alicyclic amines) is 1. The van der Waals surface area contributed by atoms with E-state index >= 15 is 0 Å². The van der Waals surface area contributed by atoms with Crippen molar-refractivity contribution in [2.75, 3.05) is 20.1 Å². The van der Waals surface area contributed by atoms with E-state index in [1.807, 2.05) is 7.05 Å². The molecule has 3 rings (SSSR count). The highest BCUT2D eigenvalue weighted by atomic mass is 16.2. The fourth-order valence-corrected chi connectivity index (χ4v) is 4.73. The van der Waals surface area contributed by atoms with Gasteiger partial charge in [0, 0.05) is 25.7 Å². The minimum absolute atomic E-state index is 0.101. The monoisotopic (exact) mass is 357 g/mol. The van der Waals surface area contributed by atoms with E-state index in [0.29, 0.717) is 12.0 Å². The standard InChI is InChI=1S/C22H35N3O/c1-22(2,3)12-20(23-4)21(26)24-19-11-10-17-14-25(15-18(17)19)13-16-8-6-5-7-9-16/h5-9,17-20,23H,10-15H2,1-4H3,(H,24,26)/t17-,18+,19+,20+/m1/s1. The van der Waals surface area contributed by atoms with Gasteiger partial charge in [0.2, 0.25) is 5.91 Å². The van der Waals surface area contributed by atoms with Gasteiger partial charge in [-0.15, -0.1) is 0 Å². The van der Waals surface area contributed by atoms with Crippen molar-refractivity contribution in [1.82, 2.24) is 15.5 Å². The number of benzene rings is 1. The smallest absolute Gasteiger partial charge is 0.237 e. The Morgan fingerprint density at radius 2 is 1.92 bits per heavy atom. The lowest BCUT2D eigenvalue weighted by molar-refractivity contribution is -0.124. The molecule has 1 saturated carbocycles. The highest BCUT2D eigenvalue weighted by Gasteiger charge is 2.43. The molecule has 0 bridgehead atoms. The Morgan fingerprint density at radius 3 is 2.58 bits per heavy atom.